The zero-order valence-corrected chi connectivity index (χ0v) is 15.4. The van der Waals surface area contributed by atoms with Gasteiger partial charge >= 0.3 is 18.0 Å². The Hall–Kier alpha value is -2.54. The smallest absolute Gasteiger partial charge is 0.341 e. The molecule has 0 saturated carbocycles. The number of aryl methyl sites for hydroxylation is 1. The summed E-state index contributed by atoms with van der Waals surface area (Å²) in [5, 5.41) is 4.93. The molecule has 2 aromatic rings. The minimum absolute atomic E-state index is 0.199. The summed E-state index contributed by atoms with van der Waals surface area (Å²) in [7, 11) is 0. The quantitative estimate of drug-likeness (QED) is 0.733. The number of hydrogen-bond acceptors (Lipinski definition) is 2. The topological polar surface area (TPSA) is 58.2 Å². The number of alkyl halides is 3. The molecule has 0 radical (unpaired) electrons. The van der Waals surface area contributed by atoms with Gasteiger partial charge in [0.25, 0.3) is 0 Å². The number of anilines is 1. The van der Waals surface area contributed by atoms with Crippen molar-refractivity contribution in [2.45, 2.75) is 32.5 Å². The van der Waals surface area contributed by atoms with Gasteiger partial charge in [-0.1, -0.05) is 35.9 Å². The van der Waals surface area contributed by atoms with Gasteiger partial charge in [-0.2, -0.15) is 13.2 Å². The van der Waals surface area contributed by atoms with Crippen molar-refractivity contribution in [2.75, 3.05) is 5.32 Å². The molecule has 8 heteroatoms. The van der Waals surface area contributed by atoms with Gasteiger partial charge in [0, 0.05) is 10.7 Å². The zero-order chi connectivity index (χ0) is 20.2. The van der Waals surface area contributed by atoms with Gasteiger partial charge < -0.3 is 10.6 Å². The van der Waals surface area contributed by atoms with Gasteiger partial charge in [0.2, 0.25) is 0 Å². The Labute approximate surface area is 159 Å². The molecule has 0 aromatic heterocycles. The predicted molar refractivity (Wildman–Crippen MR) is 97.6 cm³/mol. The number of nitrogens with one attached hydrogen (secondary N) is 2. The van der Waals surface area contributed by atoms with Crippen molar-refractivity contribution in [3.05, 3.63) is 64.2 Å². The van der Waals surface area contributed by atoms with Gasteiger partial charge in [0.05, 0.1) is 12.5 Å². The van der Waals surface area contributed by atoms with Crippen molar-refractivity contribution in [1.29, 1.82) is 0 Å². The van der Waals surface area contributed by atoms with Crippen molar-refractivity contribution in [3.63, 3.8) is 0 Å². The number of carbonyl (C=O) groups excluding carboxylic acids is 2. The molecule has 0 saturated heterocycles. The van der Waals surface area contributed by atoms with Crippen molar-refractivity contribution in [2.24, 2.45) is 0 Å². The number of benzene rings is 2. The van der Waals surface area contributed by atoms with Gasteiger partial charge in [-0.3, -0.25) is 9.59 Å². The van der Waals surface area contributed by atoms with E-state index in [9.17, 15) is 22.8 Å². The monoisotopic (exact) mass is 398 g/mol. The Morgan fingerprint density at radius 1 is 1.04 bits per heavy atom. The second-order valence-corrected chi connectivity index (χ2v) is 6.53. The number of halogens is 4. The fourth-order valence-corrected chi connectivity index (χ4v) is 2.59. The van der Waals surface area contributed by atoms with Crippen LogP contribution in [0.5, 0.6) is 0 Å². The molecule has 4 nitrogen and oxygen atoms in total. The highest BCUT2D eigenvalue weighted by Gasteiger charge is 2.34. The van der Waals surface area contributed by atoms with Crippen molar-refractivity contribution in [1.82, 2.24) is 5.32 Å². The molecule has 0 unspecified atom stereocenters. The lowest BCUT2D eigenvalue weighted by Gasteiger charge is -2.21. The first kappa shape index (κ1) is 20.8. The summed E-state index contributed by atoms with van der Waals surface area (Å²) in [5.74, 6) is -2.19. The predicted octanol–water partition coefficient (Wildman–Crippen LogP) is 4.71. The van der Waals surface area contributed by atoms with Gasteiger partial charge in [0.15, 0.2) is 0 Å². The lowest BCUT2D eigenvalue weighted by Crippen LogP contribution is -2.39. The molecule has 0 spiro atoms. The van der Waals surface area contributed by atoms with E-state index < -0.39 is 30.5 Å². The first-order chi connectivity index (χ1) is 12.6. The summed E-state index contributed by atoms with van der Waals surface area (Å²) in [6, 6.07) is 9.34. The van der Waals surface area contributed by atoms with Crippen LogP contribution in [-0.2, 0) is 9.59 Å². The number of hydrogen-bond donors (Lipinski definition) is 2. The molecule has 0 bridgehead atoms. The maximum Gasteiger partial charge on any atom is 0.391 e. The van der Waals surface area contributed by atoms with Crippen LogP contribution in [0, 0.1) is 13.8 Å². The second kappa shape index (κ2) is 8.43. The highest BCUT2D eigenvalue weighted by Crippen LogP contribution is 2.30. The van der Waals surface area contributed by atoms with Crippen LogP contribution in [0.4, 0.5) is 18.9 Å². The maximum absolute atomic E-state index is 12.9. The van der Waals surface area contributed by atoms with E-state index in [1.54, 1.807) is 19.1 Å². The first-order valence-electron chi connectivity index (χ1n) is 8.07. The largest absolute Gasteiger partial charge is 0.391 e. The normalized spacial score (nSPS) is 12.4. The van der Waals surface area contributed by atoms with Crippen LogP contribution in [0.2, 0.25) is 5.02 Å². The Morgan fingerprint density at radius 2 is 1.67 bits per heavy atom. The van der Waals surface area contributed by atoms with Crippen molar-refractivity contribution >= 4 is 29.1 Å². The van der Waals surface area contributed by atoms with Crippen LogP contribution in [-0.4, -0.2) is 18.0 Å². The molecule has 2 amide bonds. The van der Waals surface area contributed by atoms with Gasteiger partial charge in [-0.15, -0.1) is 0 Å². The minimum Gasteiger partial charge on any atom is -0.341 e. The minimum atomic E-state index is -4.53. The maximum atomic E-state index is 12.9. The molecule has 0 aliphatic carbocycles. The standard InChI is InChI=1S/C19H18ClF3N2O2/c1-11-4-3-5-15(12(11)2)24-17(26)18(27)25-16(10-19(21,22)23)13-6-8-14(20)9-7-13/h3-9,16H,10H2,1-2H3,(H,24,26)(H,25,27)/t16-/m0/s1. The summed E-state index contributed by atoms with van der Waals surface area (Å²) in [6.07, 6.45) is -5.84. The Morgan fingerprint density at radius 3 is 2.26 bits per heavy atom. The van der Waals surface area contributed by atoms with E-state index in [-0.39, 0.29) is 5.56 Å². The Balaban J connectivity index is 2.15. The zero-order valence-electron chi connectivity index (χ0n) is 14.7. The molecule has 1 atom stereocenters. The molecule has 2 aromatic carbocycles. The number of rotatable bonds is 4. The highest BCUT2D eigenvalue weighted by molar-refractivity contribution is 6.39. The summed E-state index contributed by atoms with van der Waals surface area (Å²) in [5.41, 5.74) is 2.30. The fraction of sp³-hybridized carbons (Fsp3) is 0.263. The molecule has 0 aliphatic heterocycles. The van der Waals surface area contributed by atoms with E-state index in [4.69, 9.17) is 11.6 Å². The Kier molecular flexibility index (Phi) is 6.49. The molecule has 0 heterocycles. The lowest BCUT2D eigenvalue weighted by molar-refractivity contribution is -0.146. The summed E-state index contributed by atoms with van der Waals surface area (Å²) in [6.45, 7) is 3.61. The molecular weight excluding hydrogens is 381 g/mol. The average Bonchev–Trinajstić information content (AvgIpc) is 2.57. The van der Waals surface area contributed by atoms with E-state index in [0.29, 0.717) is 10.7 Å². The molecule has 2 N–H and O–H groups in total. The third kappa shape index (κ3) is 5.99. The third-order valence-corrected chi connectivity index (χ3v) is 4.32. The molecule has 2 rings (SSSR count). The lowest BCUT2D eigenvalue weighted by atomic mass is 10.0. The van der Waals surface area contributed by atoms with Crippen LogP contribution < -0.4 is 10.6 Å². The van der Waals surface area contributed by atoms with Crippen LogP contribution in [0.3, 0.4) is 0 Å². The summed E-state index contributed by atoms with van der Waals surface area (Å²) in [4.78, 5) is 24.3. The molecule has 0 fully saturated rings. The van der Waals surface area contributed by atoms with Crippen molar-refractivity contribution < 1.29 is 22.8 Å². The van der Waals surface area contributed by atoms with E-state index >= 15 is 0 Å². The summed E-state index contributed by atoms with van der Waals surface area (Å²) < 4.78 is 38.7. The highest BCUT2D eigenvalue weighted by atomic mass is 35.5. The molecule has 27 heavy (non-hydrogen) atoms. The van der Waals surface area contributed by atoms with E-state index in [1.807, 2.05) is 13.0 Å². The van der Waals surface area contributed by atoms with Crippen LogP contribution in [0.15, 0.2) is 42.5 Å². The molecule has 144 valence electrons. The third-order valence-electron chi connectivity index (χ3n) is 4.07. The number of carbonyl (C=O) groups is 2. The van der Waals surface area contributed by atoms with Gasteiger partial charge in [0.1, 0.15) is 0 Å². The van der Waals surface area contributed by atoms with Crippen LogP contribution in [0.25, 0.3) is 0 Å². The van der Waals surface area contributed by atoms with E-state index in [1.165, 1.54) is 24.3 Å². The SMILES string of the molecule is Cc1cccc(NC(=O)C(=O)N[C@@H](CC(F)(F)F)c2ccc(Cl)cc2)c1C. The number of amides is 2. The van der Waals surface area contributed by atoms with Crippen LogP contribution in [0.1, 0.15) is 29.2 Å². The first-order valence-corrected chi connectivity index (χ1v) is 8.45. The van der Waals surface area contributed by atoms with Crippen LogP contribution >= 0.6 is 11.6 Å². The molecule has 0 aliphatic rings. The van der Waals surface area contributed by atoms with E-state index in [0.717, 1.165) is 11.1 Å². The summed E-state index contributed by atoms with van der Waals surface area (Å²) >= 11 is 5.75. The second-order valence-electron chi connectivity index (χ2n) is 6.10. The van der Waals surface area contributed by atoms with Gasteiger partial charge in [-0.05, 0) is 48.7 Å². The Bertz CT molecular complexity index is 836. The van der Waals surface area contributed by atoms with E-state index in [2.05, 4.69) is 10.6 Å². The molecular formula is C19H18ClF3N2O2. The van der Waals surface area contributed by atoms with Gasteiger partial charge in [-0.25, -0.2) is 0 Å². The fourth-order valence-electron chi connectivity index (χ4n) is 2.47. The van der Waals surface area contributed by atoms with Crippen molar-refractivity contribution in [3.8, 4) is 0 Å². The average molecular weight is 399 g/mol.